The molecule has 2 aliphatic heterocycles. The first-order chi connectivity index (χ1) is 19.3. The second kappa shape index (κ2) is 11.5. The molecule has 3 amide bonds. The number of nitrogens with zero attached hydrogens (tertiary/aromatic N) is 2. The molecule has 2 aliphatic rings. The third kappa shape index (κ3) is 5.90. The Balaban J connectivity index is 1.48. The minimum absolute atomic E-state index is 0.0359. The molecule has 4 bridgehead atoms. The average molecular weight is 551 g/mol. The van der Waals surface area contributed by atoms with Gasteiger partial charge >= 0.3 is 0 Å². The van der Waals surface area contributed by atoms with Gasteiger partial charge in [-0.1, -0.05) is 0 Å². The van der Waals surface area contributed by atoms with Gasteiger partial charge in [0.2, 0.25) is 0 Å². The normalized spacial score (nSPS) is 19.3. The quantitative estimate of drug-likeness (QED) is 0.441. The van der Waals surface area contributed by atoms with Gasteiger partial charge in [-0.2, -0.15) is 0 Å². The van der Waals surface area contributed by atoms with Gasteiger partial charge in [0.15, 0.2) is 23.8 Å². The van der Waals surface area contributed by atoms with E-state index in [-0.39, 0.29) is 54.7 Å². The highest BCUT2D eigenvalue weighted by atomic mass is 19.1. The number of aromatic hydroxyl groups is 1. The largest absolute Gasteiger partial charge is 0.505 e. The summed E-state index contributed by atoms with van der Waals surface area (Å²) in [5.41, 5.74) is 0.588. The first-order valence-electron chi connectivity index (χ1n) is 12.6. The Morgan fingerprint density at radius 1 is 1.20 bits per heavy atom. The molecule has 3 heterocycles. The lowest BCUT2D eigenvalue weighted by Crippen LogP contribution is -2.58. The lowest BCUT2D eigenvalue weighted by Gasteiger charge is -2.38. The first-order valence-corrected chi connectivity index (χ1v) is 12.6. The summed E-state index contributed by atoms with van der Waals surface area (Å²) < 4.78 is 31.5. The van der Waals surface area contributed by atoms with Gasteiger partial charge in [-0.3, -0.25) is 14.4 Å². The van der Waals surface area contributed by atoms with E-state index in [1.807, 2.05) is 0 Å². The number of hydrogen-bond donors (Lipinski definition) is 3. The molecule has 12 heteroatoms. The third-order valence-electron chi connectivity index (χ3n) is 6.63. The van der Waals surface area contributed by atoms with Gasteiger partial charge in [-0.15, -0.1) is 0 Å². The maximum absolute atomic E-state index is 14.5. The summed E-state index contributed by atoms with van der Waals surface area (Å²) in [6, 6.07) is 10.8. The molecule has 3 N–H and O–H groups in total. The van der Waals surface area contributed by atoms with Crippen molar-refractivity contribution in [3.8, 4) is 23.0 Å². The zero-order chi connectivity index (χ0) is 28.2. The van der Waals surface area contributed by atoms with Crippen LogP contribution in [-0.4, -0.2) is 71.7 Å². The number of rotatable bonds is 2. The number of likely N-dealkylation sites (tertiary alicyclic amines) is 1. The summed E-state index contributed by atoms with van der Waals surface area (Å²) in [4.78, 5) is 44.4. The number of aromatic nitrogens is 1. The van der Waals surface area contributed by atoms with Gasteiger partial charge in [0.25, 0.3) is 17.7 Å². The summed E-state index contributed by atoms with van der Waals surface area (Å²) in [7, 11) is 1.44. The minimum Gasteiger partial charge on any atom is -0.505 e. The monoisotopic (exact) mass is 550 g/mol. The number of fused-ring (bicyclic) bond motifs is 5. The number of halogens is 1. The molecule has 2 aromatic carbocycles. The lowest BCUT2D eigenvalue weighted by atomic mass is 10.00. The van der Waals surface area contributed by atoms with Crippen LogP contribution in [0.1, 0.15) is 32.8 Å². The SMILES string of the molecule is COc1ccc2cc1OCC(=O)NCc1cc(F)cc(c1)O[C@@H]1CCN(C(=O)c3ncccc3O)C[C@@H]1NC2=O. The number of carbonyl (C=O) groups excluding carboxylic acids is 3. The van der Waals surface area contributed by atoms with E-state index in [4.69, 9.17) is 14.2 Å². The molecular weight excluding hydrogens is 523 g/mol. The summed E-state index contributed by atoms with van der Waals surface area (Å²) >= 11 is 0. The summed E-state index contributed by atoms with van der Waals surface area (Å²) in [5, 5.41) is 15.7. The Labute approximate surface area is 228 Å². The standard InChI is InChI=1S/C28H27FN4O7/c1-38-23-5-4-17-11-24(23)39-15-25(35)31-13-16-9-18(29)12-19(10-16)40-22-6-8-33(14-20(22)32-27(17)36)28(37)26-21(34)3-2-7-30-26/h2-5,7,9-12,20,22,34H,6,8,13-15H2,1H3,(H,31,35)(H,32,36)/t20-,22+/m0/s1. The molecule has 40 heavy (non-hydrogen) atoms. The van der Waals surface area contributed by atoms with Crippen molar-refractivity contribution in [1.29, 1.82) is 0 Å². The average Bonchev–Trinajstić information content (AvgIpc) is 2.95. The topological polar surface area (TPSA) is 139 Å². The number of hydrogen-bond acceptors (Lipinski definition) is 8. The van der Waals surface area contributed by atoms with Crippen LogP contribution in [0.4, 0.5) is 4.39 Å². The minimum atomic E-state index is -0.707. The van der Waals surface area contributed by atoms with E-state index in [0.717, 1.165) is 0 Å². The van der Waals surface area contributed by atoms with E-state index in [2.05, 4.69) is 15.6 Å². The van der Waals surface area contributed by atoms with Crippen LogP contribution in [0.25, 0.3) is 0 Å². The highest BCUT2D eigenvalue weighted by molar-refractivity contribution is 5.96. The van der Waals surface area contributed by atoms with Crippen LogP contribution in [0, 0.1) is 5.82 Å². The lowest BCUT2D eigenvalue weighted by molar-refractivity contribution is -0.123. The van der Waals surface area contributed by atoms with Gasteiger partial charge in [0.1, 0.15) is 23.4 Å². The van der Waals surface area contributed by atoms with Crippen molar-refractivity contribution in [2.75, 3.05) is 26.8 Å². The van der Waals surface area contributed by atoms with Crippen molar-refractivity contribution in [2.45, 2.75) is 25.1 Å². The van der Waals surface area contributed by atoms with Crippen molar-refractivity contribution in [2.24, 2.45) is 0 Å². The van der Waals surface area contributed by atoms with E-state index in [1.165, 1.54) is 54.6 Å². The fourth-order valence-corrected chi connectivity index (χ4v) is 4.65. The number of ether oxygens (including phenoxy) is 3. The van der Waals surface area contributed by atoms with E-state index >= 15 is 0 Å². The van der Waals surface area contributed by atoms with Crippen LogP contribution in [0.5, 0.6) is 23.0 Å². The van der Waals surface area contributed by atoms with Crippen molar-refractivity contribution in [3.05, 3.63) is 77.4 Å². The summed E-state index contributed by atoms with van der Waals surface area (Å²) in [6.07, 6.45) is 1.07. The molecule has 1 saturated heterocycles. The number of piperidine rings is 1. The highest BCUT2D eigenvalue weighted by Crippen LogP contribution is 2.29. The van der Waals surface area contributed by atoms with Crippen molar-refractivity contribution in [3.63, 3.8) is 0 Å². The van der Waals surface area contributed by atoms with Gasteiger partial charge in [-0.25, -0.2) is 9.37 Å². The van der Waals surface area contributed by atoms with Crippen LogP contribution >= 0.6 is 0 Å². The number of methoxy groups -OCH3 is 1. The molecule has 2 atom stereocenters. The van der Waals surface area contributed by atoms with E-state index < -0.39 is 35.7 Å². The zero-order valence-corrected chi connectivity index (χ0v) is 21.6. The first kappa shape index (κ1) is 26.7. The molecule has 11 nitrogen and oxygen atoms in total. The van der Waals surface area contributed by atoms with E-state index in [0.29, 0.717) is 17.7 Å². The number of amides is 3. The van der Waals surface area contributed by atoms with Crippen molar-refractivity contribution >= 4 is 17.7 Å². The summed E-state index contributed by atoms with van der Waals surface area (Å²) in [5.74, 6) is -1.53. The van der Waals surface area contributed by atoms with E-state index in [1.54, 1.807) is 12.1 Å². The molecular formula is C28H27FN4O7. The molecule has 5 rings (SSSR count). The Morgan fingerprint density at radius 3 is 2.85 bits per heavy atom. The Bertz CT molecular complexity index is 1450. The Morgan fingerprint density at radius 2 is 2.05 bits per heavy atom. The van der Waals surface area contributed by atoms with Gasteiger partial charge < -0.3 is 34.9 Å². The third-order valence-corrected chi connectivity index (χ3v) is 6.63. The predicted molar refractivity (Wildman–Crippen MR) is 139 cm³/mol. The maximum atomic E-state index is 14.5. The molecule has 3 aromatic rings. The smallest absolute Gasteiger partial charge is 0.276 e. The number of nitrogens with one attached hydrogen (secondary N) is 2. The van der Waals surface area contributed by atoms with Crippen LogP contribution in [0.15, 0.2) is 54.7 Å². The number of benzene rings is 2. The molecule has 0 unspecified atom stereocenters. The molecule has 0 aliphatic carbocycles. The van der Waals surface area contributed by atoms with Crippen LogP contribution in [0.2, 0.25) is 0 Å². The predicted octanol–water partition coefficient (Wildman–Crippen LogP) is 2.04. The second-order valence-corrected chi connectivity index (χ2v) is 9.37. The maximum Gasteiger partial charge on any atom is 0.276 e. The molecule has 208 valence electrons. The molecule has 0 saturated carbocycles. The molecule has 1 fully saturated rings. The fourth-order valence-electron chi connectivity index (χ4n) is 4.65. The fraction of sp³-hybridized carbons (Fsp3) is 0.286. The molecule has 1 aromatic heterocycles. The zero-order valence-electron chi connectivity index (χ0n) is 21.6. The molecule has 0 spiro atoms. The Kier molecular flexibility index (Phi) is 7.67. The van der Waals surface area contributed by atoms with Crippen LogP contribution in [-0.2, 0) is 11.3 Å². The van der Waals surface area contributed by atoms with Crippen molar-refractivity contribution in [1.82, 2.24) is 20.5 Å². The highest BCUT2D eigenvalue weighted by Gasteiger charge is 2.36. The second-order valence-electron chi connectivity index (χ2n) is 9.37. The Hall–Kier alpha value is -4.87. The molecule has 0 radical (unpaired) electrons. The van der Waals surface area contributed by atoms with Gasteiger partial charge in [0, 0.05) is 43.9 Å². The van der Waals surface area contributed by atoms with Crippen LogP contribution in [0.3, 0.4) is 0 Å². The van der Waals surface area contributed by atoms with Gasteiger partial charge in [-0.05, 0) is 48.0 Å². The summed E-state index contributed by atoms with van der Waals surface area (Å²) in [6.45, 7) is -0.0377. The van der Waals surface area contributed by atoms with E-state index in [9.17, 15) is 23.9 Å². The number of carbonyl (C=O) groups is 3. The van der Waals surface area contributed by atoms with Crippen molar-refractivity contribution < 1.29 is 38.1 Å². The van der Waals surface area contributed by atoms with Crippen LogP contribution < -0.4 is 24.8 Å². The van der Waals surface area contributed by atoms with Gasteiger partial charge in [0.05, 0.1) is 13.2 Å². The number of pyridine rings is 1.